The molecule has 0 unspecified atom stereocenters. The molecule has 0 radical (unpaired) electrons. The summed E-state index contributed by atoms with van der Waals surface area (Å²) in [5, 5.41) is 0. The zero-order valence-electron chi connectivity index (χ0n) is 21.1. The lowest BCUT2D eigenvalue weighted by molar-refractivity contribution is -0.146. The number of benzene rings is 2. The minimum absolute atomic E-state index is 0.174. The molecule has 2 aromatic carbocycles. The Morgan fingerprint density at radius 2 is 0.889 bits per heavy atom. The Kier molecular flexibility index (Phi) is 11.4. The van der Waals surface area contributed by atoms with Crippen molar-refractivity contribution >= 4 is 34.7 Å². The van der Waals surface area contributed by atoms with E-state index in [4.69, 9.17) is 9.47 Å². The van der Waals surface area contributed by atoms with E-state index in [1.54, 1.807) is 24.3 Å². The molecule has 0 saturated heterocycles. The van der Waals surface area contributed by atoms with E-state index in [1.807, 2.05) is 24.3 Å². The van der Waals surface area contributed by atoms with Crippen molar-refractivity contribution in [2.24, 2.45) is 0 Å². The highest BCUT2D eigenvalue weighted by Gasteiger charge is 2.11. The van der Waals surface area contributed by atoms with Gasteiger partial charge in [0.25, 0.3) is 0 Å². The molecule has 0 fully saturated rings. The summed E-state index contributed by atoms with van der Waals surface area (Å²) in [5.74, 6) is -0.559. The summed E-state index contributed by atoms with van der Waals surface area (Å²) in [6.45, 7) is 5.73. The zero-order valence-corrected chi connectivity index (χ0v) is 21.1. The maximum Gasteiger partial charge on any atom is 0.303 e. The number of carbonyl (C=O) groups is 4. The molecule has 0 amide bonds. The van der Waals surface area contributed by atoms with Crippen molar-refractivity contribution in [3.05, 3.63) is 59.7 Å². The molecular formula is C28H32O8. The first kappa shape index (κ1) is 28.3. The number of rotatable bonds is 14. The van der Waals surface area contributed by atoms with Crippen LogP contribution in [0.2, 0.25) is 0 Å². The van der Waals surface area contributed by atoms with Crippen molar-refractivity contribution in [1.29, 1.82) is 0 Å². The maximum atomic E-state index is 11.7. The topological polar surface area (TPSA) is 105 Å². The van der Waals surface area contributed by atoms with Gasteiger partial charge < -0.3 is 18.9 Å². The van der Waals surface area contributed by atoms with Crippen LogP contribution in [0, 0.1) is 0 Å². The highest BCUT2D eigenvalue weighted by atomic mass is 16.5. The number of hydrogen-bond acceptors (Lipinski definition) is 8. The lowest BCUT2D eigenvalue weighted by Gasteiger charge is -2.15. The standard InChI is InChI=1S/C28H32O8/c1-5-27(21-7-11-25(12-8-21)35-17-23(31)15-33-19(3)29)28(6-2)22-9-13-26(14-10-22)36-18-24(32)16-34-20(4)30/h7-14H,5-6,15-18H2,1-4H3. The number of hydrogen-bond donors (Lipinski definition) is 0. The van der Waals surface area contributed by atoms with E-state index in [-0.39, 0.29) is 38.0 Å². The summed E-state index contributed by atoms with van der Waals surface area (Å²) in [6.07, 6.45) is 1.63. The lowest BCUT2D eigenvalue weighted by Crippen LogP contribution is -2.18. The molecule has 0 aromatic heterocycles. The van der Waals surface area contributed by atoms with Gasteiger partial charge in [-0.05, 0) is 59.4 Å². The fraction of sp³-hybridized carbons (Fsp3) is 0.357. The van der Waals surface area contributed by atoms with Crippen LogP contribution in [0.15, 0.2) is 48.5 Å². The molecule has 8 nitrogen and oxygen atoms in total. The number of Topliss-reactive ketones (excluding diaryl/α,β-unsaturated/α-hetero) is 2. The van der Waals surface area contributed by atoms with Gasteiger partial charge in [0.2, 0.25) is 11.6 Å². The third-order valence-corrected chi connectivity index (χ3v) is 5.15. The van der Waals surface area contributed by atoms with E-state index in [2.05, 4.69) is 23.3 Å². The van der Waals surface area contributed by atoms with Crippen LogP contribution in [-0.4, -0.2) is 49.9 Å². The van der Waals surface area contributed by atoms with Gasteiger partial charge in [-0.15, -0.1) is 0 Å². The first-order valence-corrected chi connectivity index (χ1v) is 11.7. The van der Waals surface area contributed by atoms with Gasteiger partial charge in [0.05, 0.1) is 0 Å². The number of carbonyl (C=O) groups excluding carboxylic acids is 4. The number of allylic oxidation sites excluding steroid dienone is 2. The Hall–Kier alpha value is -3.94. The van der Waals surface area contributed by atoms with E-state index in [9.17, 15) is 19.2 Å². The van der Waals surface area contributed by atoms with Crippen LogP contribution in [0.5, 0.6) is 11.5 Å². The summed E-state index contributed by atoms with van der Waals surface area (Å²) in [6, 6.07) is 15.0. The van der Waals surface area contributed by atoms with Crippen molar-refractivity contribution in [3.8, 4) is 11.5 Å². The predicted octanol–water partition coefficient (Wildman–Crippen LogP) is 4.44. The molecular weight excluding hydrogens is 464 g/mol. The van der Waals surface area contributed by atoms with Crippen LogP contribution >= 0.6 is 0 Å². The smallest absolute Gasteiger partial charge is 0.303 e. The Labute approximate surface area is 211 Å². The van der Waals surface area contributed by atoms with E-state index in [0.29, 0.717) is 11.5 Å². The van der Waals surface area contributed by atoms with Crippen LogP contribution in [0.25, 0.3) is 11.1 Å². The quantitative estimate of drug-likeness (QED) is 0.279. The van der Waals surface area contributed by atoms with Crippen molar-refractivity contribution in [1.82, 2.24) is 0 Å². The molecule has 8 heteroatoms. The third-order valence-electron chi connectivity index (χ3n) is 5.15. The minimum atomic E-state index is -0.508. The predicted molar refractivity (Wildman–Crippen MR) is 135 cm³/mol. The van der Waals surface area contributed by atoms with Crippen molar-refractivity contribution in [2.45, 2.75) is 40.5 Å². The highest BCUT2D eigenvalue weighted by Crippen LogP contribution is 2.33. The summed E-state index contributed by atoms with van der Waals surface area (Å²) < 4.78 is 20.3. The minimum Gasteiger partial charge on any atom is -0.486 e. The molecule has 0 atom stereocenters. The molecule has 0 aliphatic rings. The van der Waals surface area contributed by atoms with Gasteiger partial charge in [-0.3, -0.25) is 19.2 Å². The molecule has 36 heavy (non-hydrogen) atoms. The Balaban J connectivity index is 2.06. The molecule has 0 saturated carbocycles. The van der Waals surface area contributed by atoms with E-state index >= 15 is 0 Å². The summed E-state index contributed by atoms with van der Waals surface area (Å²) in [4.78, 5) is 45.0. The molecule has 0 N–H and O–H groups in total. The van der Waals surface area contributed by atoms with E-state index < -0.39 is 11.9 Å². The van der Waals surface area contributed by atoms with Crippen LogP contribution in [-0.2, 0) is 28.7 Å². The van der Waals surface area contributed by atoms with E-state index in [0.717, 1.165) is 24.0 Å². The second-order valence-electron chi connectivity index (χ2n) is 7.93. The first-order valence-electron chi connectivity index (χ1n) is 11.7. The lowest BCUT2D eigenvalue weighted by atomic mass is 9.91. The zero-order chi connectivity index (χ0) is 26.5. The average molecular weight is 497 g/mol. The Morgan fingerprint density at radius 3 is 1.17 bits per heavy atom. The summed E-state index contributed by atoms with van der Waals surface area (Å²) in [7, 11) is 0. The number of ketones is 2. The second kappa shape index (κ2) is 14.5. The van der Waals surface area contributed by atoms with Gasteiger partial charge >= 0.3 is 11.9 Å². The van der Waals surface area contributed by atoms with Gasteiger partial charge in [-0.2, -0.15) is 0 Å². The Bertz CT molecular complexity index is 994. The first-order chi connectivity index (χ1) is 17.2. The van der Waals surface area contributed by atoms with Gasteiger partial charge in [-0.25, -0.2) is 0 Å². The normalized spacial score (nSPS) is 11.2. The van der Waals surface area contributed by atoms with Crippen molar-refractivity contribution in [3.63, 3.8) is 0 Å². The fourth-order valence-corrected chi connectivity index (χ4v) is 3.46. The van der Waals surface area contributed by atoms with Crippen LogP contribution in [0.4, 0.5) is 0 Å². The molecule has 0 bridgehead atoms. The highest BCUT2D eigenvalue weighted by molar-refractivity contribution is 5.91. The Morgan fingerprint density at radius 1 is 0.556 bits per heavy atom. The fourth-order valence-electron chi connectivity index (χ4n) is 3.46. The van der Waals surface area contributed by atoms with Crippen molar-refractivity contribution < 1.29 is 38.1 Å². The monoisotopic (exact) mass is 496 g/mol. The molecule has 0 spiro atoms. The molecule has 2 aromatic rings. The van der Waals surface area contributed by atoms with Crippen LogP contribution in [0.3, 0.4) is 0 Å². The number of ether oxygens (including phenoxy) is 4. The van der Waals surface area contributed by atoms with Gasteiger partial charge in [0.15, 0.2) is 13.2 Å². The van der Waals surface area contributed by atoms with Gasteiger partial charge in [-0.1, -0.05) is 38.1 Å². The molecule has 2 rings (SSSR count). The maximum absolute atomic E-state index is 11.7. The van der Waals surface area contributed by atoms with E-state index in [1.165, 1.54) is 25.0 Å². The summed E-state index contributed by atoms with van der Waals surface area (Å²) in [5.41, 5.74) is 4.45. The van der Waals surface area contributed by atoms with Crippen LogP contribution < -0.4 is 9.47 Å². The van der Waals surface area contributed by atoms with Gasteiger partial charge in [0.1, 0.15) is 24.7 Å². The molecule has 0 aliphatic heterocycles. The van der Waals surface area contributed by atoms with Crippen molar-refractivity contribution in [2.75, 3.05) is 26.4 Å². The molecule has 0 heterocycles. The van der Waals surface area contributed by atoms with Gasteiger partial charge in [0, 0.05) is 13.8 Å². The largest absolute Gasteiger partial charge is 0.486 e. The average Bonchev–Trinajstić information content (AvgIpc) is 2.87. The molecule has 192 valence electrons. The summed E-state index contributed by atoms with van der Waals surface area (Å²) >= 11 is 0. The SMILES string of the molecule is CCC(=C(CC)c1ccc(OCC(=O)COC(C)=O)cc1)c1ccc(OCC(=O)COC(C)=O)cc1. The van der Waals surface area contributed by atoms with Crippen LogP contribution in [0.1, 0.15) is 51.7 Å². The molecule has 0 aliphatic carbocycles. The third kappa shape index (κ3) is 9.37. The number of esters is 2. The second-order valence-corrected chi connectivity index (χ2v) is 7.93.